The van der Waals surface area contributed by atoms with Crippen LogP contribution in [0.4, 0.5) is 0 Å². The number of amides is 1. The number of rotatable bonds is 3. The first-order chi connectivity index (χ1) is 11.3. The van der Waals surface area contributed by atoms with Crippen molar-refractivity contribution in [2.24, 2.45) is 18.4 Å². The van der Waals surface area contributed by atoms with Gasteiger partial charge in [0, 0.05) is 11.9 Å². The minimum atomic E-state index is -0.0318. The predicted molar refractivity (Wildman–Crippen MR) is 98.9 cm³/mol. The lowest BCUT2D eigenvalue weighted by atomic mass is 9.72. The molecule has 0 saturated heterocycles. The monoisotopic (exact) mass is 364 g/mol. The normalized spacial score (nSPS) is 17.6. The van der Waals surface area contributed by atoms with E-state index in [-0.39, 0.29) is 5.91 Å². The third kappa shape index (κ3) is 3.47. The minimum Gasteiger partial charge on any atom is -0.344 e. The summed E-state index contributed by atoms with van der Waals surface area (Å²) in [6.07, 6.45) is 3.38. The van der Waals surface area contributed by atoms with Crippen LogP contribution in [0.2, 0.25) is 0 Å². The average molecular weight is 365 g/mol. The van der Waals surface area contributed by atoms with Crippen molar-refractivity contribution >= 4 is 29.5 Å². The summed E-state index contributed by atoms with van der Waals surface area (Å²) >= 11 is 6.71. The van der Waals surface area contributed by atoms with E-state index in [2.05, 4.69) is 42.4 Å². The van der Waals surface area contributed by atoms with E-state index in [4.69, 9.17) is 12.2 Å². The van der Waals surface area contributed by atoms with E-state index < -0.39 is 0 Å². The highest BCUT2D eigenvalue weighted by Crippen LogP contribution is 2.40. The molecule has 24 heavy (non-hydrogen) atoms. The second-order valence-electron chi connectivity index (χ2n) is 7.55. The van der Waals surface area contributed by atoms with Crippen LogP contribution in [0.5, 0.6) is 0 Å². The van der Waals surface area contributed by atoms with Gasteiger partial charge < -0.3 is 9.88 Å². The number of fused-ring (bicyclic) bond motifs is 1. The van der Waals surface area contributed by atoms with Gasteiger partial charge in [0.15, 0.2) is 10.6 Å². The number of hydrogen-bond donors (Lipinski definition) is 2. The summed E-state index contributed by atoms with van der Waals surface area (Å²) in [4.78, 5) is 14.6. The molecular weight excluding hydrogens is 340 g/mol. The van der Waals surface area contributed by atoms with Crippen molar-refractivity contribution < 1.29 is 4.79 Å². The van der Waals surface area contributed by atoms with Gasteiger partial charge >= 0.3 is 0 Å². The summed E-state index contributed by atoms with van der Waals surface area (Å²) in [5.74, 6) is 1.38. The molecule has 0 aliphatic heterocycles. The van der Waals surface area contributed by atoms with E-state index in [1.54, 1.807) is 15.9 Å². The SMILES string of the molecule is Cn1c(CNC(=O)c2cc3c(s2)CC[C@@H](C(C)(C)C)C3)n[nH]c1=S. The van der Waals surface area contributed by atoms with Crippen LogP contribution in [0.25, 0.3) is 0 Å². The molecule has 0 fully saturated rings. The van der Waals surface area contributed by atoms with Crippen LogP contribution < -0.4 is 5.32 Å². The standard InChI is InChI=1S/C17H24N4OS2/c1-17(2,3)11-5-6-12-10(7-11)8-13(24-12)15(22)18-9-14-19-20-16(23)21(14)4/h8,11H,5-7,9H2,1-4H3,(H,18,22)(H,20,23)/t11-/m1/s1. The zero-order chi connectivity index (χ0) is 17.5. The number of aromatic amines is 1. The maximum absolute atomic E-state index is 12.5. The summed E-state index contributed by atoms with van der Waals surface area (Å²) in [5.41, 5.74) is 1.67. The predicted octanol–water partition coefficient (Wildman–Crippen LogP) is 3.62. The molecular formula is C17H24N4OS2. The van der Waals surface area contributed by atoms with Crippen LogP contribution >= 0.6 is 23.6 Å². The van der Waals surface area contributed by atoms with Crippen LogP contribution in [0.15, 0.2) is 6.07 Å². The van der Waals surface area contributed by atoms with E-state index >= 15 is 0 Å². The lowest BCUT2D eigenvalue weighted by molar-refractivity contribution is 0.0953. The van der Waals surface area contributed by atoms with Crippen molar-refractivity contribution in [3.8, 4) is 0 Å². The Bertz CT molecular complexity index is 809. The first kappa shape index (κ1) is 17.4. The van der Waals surface area contributed by atoms with E-state index in [1.165, 1.54) is 16.9 Å². The lowest BCUT2D eigenvalue weighted by Gasteiger charge is -2.33. The van der Waals surface area contributed by atoms with Gasteiger partial charge in [0.25, 0.3) is 5.91 Å². The van der Waals surface area contributed by atoms with Gasteiger partial charge in [0.05, 0.1) is 11.4 Å². The molecule has 1 aliphatic carbocycles. The fourth-order valence-electron chi connectivity index (χ4n) is 3.16. The maximum atomic E-state index is 12.5. The zero-order valence-electron chi connectivity index (χ0n) is 14.6. The van der Waals surface area contributed by atoms with Gasteiger partial charge in [-0.15, -0.1) is 11.3 Å². The molecule has 1 aliphatic rings. The Morgan fingerprint density at radius 3 is 2.92 bits per heavy atom. The Morgan fingerprint density at radius 1 is 1.54 bits per heavy atom. The highest BCUT2D eigenvalue weighted by molar-refractivity contribution is 7.71. The van der Waals surface area contributed by atoms with E-state index in [1.807, 2.05) is 7.05 Å². The fraction of sp³-hybridized carbons (Fsp3) is 0.588. The number of thiophene rings is 1. The fourth-order valence-corrected chi connectivity index (χ4v) is 4.43. The van der Waals surface area contributed by atoms with E-state index in [0.717, 1.165) is 23.5 Å². The Kier molecular flexibility index (Phi) is 4.66. The van der Waals surface area contributed by atoms with E-state index in [0.29, 0.717) is 22.6 Å². The van der Waals surface area contributed by atoms with Crippen LogP contribution in [0, 0.1) is 16.1 Å². The topological polar surface area (TPSA) is 62.7 Å². The molecule has 0 aromatic carbocycles. The molecule has 0 unspecified atom stereocenters. The van der Waals surface area contributed by atoms with Crippen molar-refractivity contribution in [2.45, 2.75) is 46.6 Å². The van der Waals surface area contributed by atoms with Gasteiger partial charge in [-0.1, -0.05) is 20.8 Å². The molecule has 2 heterocycles. The number of nitrogens with zero attached hydrogens (tertiary/aromatic N) is 2. The van der Waals surface area contributed by atoms with Crippen LogP contribution in [0.1, 0.15) is 53.1 Å². The molecule has 1 atom stereocenters. The van der Waals surface area contributed by atoms with Gasteiger partial charge in [-0.3, -0.25) is 9.89 Å². The Morgan fingerprint density at radius 2 is 2.29 bits per heavy atom. The molecule has 0 spiro atoms. The molecule has 7 heteroatoms. The average Bonchev–Trinajstić information content (AvgIpc) is 3.08. The molecule has 3 rings (SSSR count). The molecule has 0 saturated carbocycles. The van der Waals surface area contributed by atoms with Gasteiger partial charge in [-0.25, -0.2) is 0 Å². The molecule has 0 bridgehead atoms. The number of carbonyl (C=O) groups is 1. The third-order valence-corrected chi connectivity index (χ3v) is 6.51. The number of nitrogens with one attached hydrogen (secondary N) is 2. The zero-order valence-corrected chi connectivity index (χ0v) is 16.2. The molecule has 2 N–H and O–H groups in total. The Balaban J connectivity index is 1.68. The smallest absolute Gasteiger partial charge is 0.261 e. The highest BCUT2D eigenvalue weighted by atomic mass is 32.1. The van der Waals surface area contributed by atoms with Crippen LogP contribution in [-0.4, -0.2) is 20.7 Å². The second kappa shape index (κ2) is 6.44. The summed E-state index contributed by atoms with van der Waals surface area (Å²) < 4.78 is 2.32. The summed E-state index contributed by atoms with van der Waals surface area (Å²) in [5, 5.41) is 9.79. The first-order valence-corrected chi connectivity index (χ1v) is 9.48. The summed E-state index contributed by atoms with van der Waals surface area (Å²) in [6.45, 7) is 7.29. The lowest BCUT2D eigenvalue weighted by Crippen LogP contribution is -2.26. The van der Waals surface area contributed by atoms with Crippen molar-refractivity contribution in [1.29, 1.82) is 0 Å². The van der Waals surface area contributed by atoms with E-state index in [9.17, 15) is 4.79 Å². The summed E-state index contributed by atoms with van der Waals surface area (Å²) in [7, 11) is 1.84. The number of carbonyl (C=O) groups excluding carboxylic acids is 1. The second-order valence-corrected chi connectivity index (χ2v) is 9.07. The number of H-pyrrole nitrogens is 1. The van der Waals surface area contributed by atoms with Gasteiger partial charge in [0.1, 0.15) is 0 Å². The van der Waals surface area contributed by atoms with Gasteiger partial charge in [-0.05, 0) is 54.4 Å². The van der Waals surface area contributed by atoms with Crippen molar-refractivity contribution in [1.82, 2.24) is 20.1 Å². The van der Waals surface area contributed by atoms with Crippen molar-refractivity contribution in [2.75, 3.05) is 0 Å². The first-order valence-electron chi connectivity index (χ1n) is 8.25. The van der Waals surface area contributed by atoms with Gasteiger partial charge in [-0.2, -0.15) is 5.10 Å². The highest BCUT2D eigenvalue weighted by Gasteiger charge is 2.30. The molecule has 0 radical (unpaired) electrons. The van der Waals surface area contributed by atoms with Crippen LogP contribution in [0.3, 0.4) is 0 Å². The molecule has 1 amide bonds. The Labute approximate surface area is 151 Å². The van der Waals surface area contributed by atoms with Crippen molar-refractivity contribution in [3.05, 3.63) is 32.0 Å². The summed E-state index contributed by atoms with van der Waals surface area (Å²) in [6, 6.07) is 2.08. The quantitative estimate of drug-likeness (QED) is 0.818. The molecule has 130 valence electrons. The maximum Gasteiger partial charge on any atom is 0.261 e. The number of aryl methyl sites for hydroxylation is 1. The minimum absolute atomic E-state index is 0.0318. The third-order valence-electron chi connectivity index (χ3n) is 4.91. The van der Waals surface area contributed by atoms with Crippen LogP contribution in [-0.2, 0) is 26.4 Å². The molecule has 2 aromatic rings. The molecule has 5 nitrogen and oxygen atoms in total. The van der Waals surface area contributed by atoms with Gasteiger partial charge in [0.2, 0.25) is 0 Å². The largest absolute Gasteiger partial charge is 0.344 e. The number of hydrogen-bond acceptors (Lipinski definition) is 4. The van der Waals surface area contributed by atoms with Crippen molar-refractivity contribution in [3.63, 3.8) is 0 Å². The number of aromatic nitrogens is 3. The Hall–Kier alpha value is -1.47. The molecule has 2 aromatic heterocycles.